The zero-order valence-corrected chi connectivity index (χ0v) is 18.0. The monoisotopic (exact) mass is 426 g/mol. The van der Waals surface area contributed by atoms with Crippen molar-refractivity contribution in [3.63, 3.8) is 0 Å². The quantitative estimate of drug-likeness (QED) is 0.446. The lowest BCUT2D eigenvalue weighted by Gasteiger charge is -2.07. The minimum atomic E-state index is -0.438. The fourth-order valence-electron chi connectivity index (χ4n) is 2.87. The molecule has 0 spiro atoms. The highest BCUT2D eigenvalue weighted by atomic mass is 32.1. The molecule has 0 saturated carbocycles. The van der Waals surface area contributed by atoms with Crippen LogP contribution in [0.15, 0.2) is 47.5 Å². The Labute approximate surface area is 177 Å². The highest BCUT2D eigenvalue weighted by Gasteiger charge is 2.11. The molecule has 1 amide bonds. The maximum absolute atomic E-state index is 12.5. The molecule has 8 heteroatoms. The van der Waals surface area contributed by atoms with Crippen LogP contribution in [0, 0.1) is 6.92 Å². The Kier molecular flexibility index (Phi) is 6.68. The summed E-state index contributed by atoms with van der Waals surface area (Å²) >= 11 is 1.35. The number of methoxy groups -OCH3 is 3. The minimum Gasteiger partial charge on any atom is -0.493 e. The van der Waals surface area contributed by atoms with E-state index >= 15 is 0 Å². The number of benzene rings is 2. The SMILES string of the molecule is COC(=O)Cn1c(=NC(=O)/C=C\c2ccc(OC)c(OC)c2)sc2cc(C)ccc21. The molecule has 156 valence electrons. The van der Waals surface area contributed by atoms with Crippen LogP contribution in [-0.4, -0.2) is 37.8 Å². The summed E-state index contributed by atoms with van der Waals surface area (Å²) in [5, 5.41) is 0. The van der Waals surface area contributed by atoms with E-state index in [-0.39, 0.29) is 6.54 Å². The van der Waals surface area contributed by atoms with Gasteiger partial charge in [-0.05, 0) is 48.4 Å². The van der Waals surface area contributed by atoms with Gasteiger partial charge in [0.2, 0.25) is 0 Å². The number of thiazole rings is 1. The van der Waals surface area contributed by atoms with Crippen molar-refractivity contribution in [3.05, 3.63) is 58.4 Å². The van der Waals surface area contributed by atoms with E-state index in [0.717, 1.165) is 21.3 Å². The van der Waals surface area contributed by atoms with Gasteiger partial charge >= 0.3 is 5.97 Å². The van der Waals surface area contributed by atoms with Crippen LogP contribution in [0.5, 0.6) is 11.5 Å². The van der Waals surface area contributed by atoms with Crippen molar-refractivity contribution in [2.45, 2.75) is 13.5 Å². The maximum Gasteiger partial charge on any atom is 0.325 e. The Morgan fingerprint density at radius 1 is 1.07 bits per heavy atom. The van der Waals surface area contributed by atoms with Crippen molar-refractivity contribution in [1.82, 2.24) is 4.57 Å². The molecule has 3 aromatic rings. The summed E-state index contributed by atoms with van der Waals surface area (Å²) in [4.78, 5) is 29.0. The molecular weight excluding hydrogens is 404 g/mol. The number of hydrogen-bond acceptors (Lipinski definition) is 6. The molecule has 0 aliphatic carbocycles. The van der Waals surface area contributed by atoms with Crippen LogP contribution in [0.25, 0.3) is 16.3 Å². The first-order valence-corrected chi connectivity index (χ1v) is 9.92. The van der Waals surface area contributed by atoms with Crippen molar-refractivity contribution in [2.75, 3.05) is 21.3 Å². The number of nitrogens with zero attached hydrogens (tertiary/aromatic N) is 2. The smallest absolute Gasteiger partial charge is 0.325 e. The first-order valence-electron chi connectivity index (χ1n) is 9.10. The van der Waals surface area contributed by atoms with Gasteiger partial charge in [-0.1, -0.05) is 23.5 Å². The summed E-state index contributed by atoms with van der Waals surface area (Å²) in [6, 6.07) is 11.2. The lowest BCUT2D eigenvalue weighted by Crippen LogP contribution is -2.22. The average Bonchev–Trinajstić information content (AvgIpc) is 3.07. The van der Waals surface area contributed by atoms with Gasteiger partial charge in [0.05, 0.1) is 31.5 Å². The Morgan fingerprint density at radius 3 is 2.53 bits per heavy atom. The van der Waals surface area contributed by atoms with E-state index in [2.05, 4.69) is 4.99 Å². The van der Waals surface area contributed by atoms with Crippen molar-refractivity contribution in [2.24, 2.45) is 4.99 Å². The van der Waals surface area contributed by atoms with Gasteiger partial charge in [0, 0.05) is 6.08 Å². The number of fused-ring (bicyclic) bond motifs is 1. The van der Waals surface area contributed by atoms with E-state index < -0.39 is 11.9 Å². The summed E-state index contributed by atoms with van der Waals surface area (Å²) in [7, 11) is 4.44. The van der Waals surface area contributed by atoms with Gasteiger partial charge in [-0.25, -0.2) is 0 Å². The lowest BCUT2D eigenvalue weighted by molar-refractivity contribution is -0.141. The zero-order chi connectivity index (χ0) is 21.7. The molecule has 7 nitrogen and oxygen atoms in total. The Hall–Kier alpha value is -3.39. The summed E-state index contributed by atoms with van der Waals surface area (Å²) in [6.45, 7) is 1.96. The highest BCUT2D eigenvalue weighted by molar-refractivity contribution is 7.16. The number of esters is 1. The molecule has 1 aromatic heterocycles. The second kappa shape index (κ2) is 9.41. The van der Waals surface area contributed by atoms with Crippen LogP contribution in [0.3, 0.4) is 0 Å². The molecule has 2 aromatic carbocycles. The normalized spacial score (nSPS) is 11.8. The average molecular weight is 426 g/mol. The largest absolute Gasteiger partial charge is 0.493 e. The number of carbonyl (C=O) groups is 2. The van der Waals surface area contributed by atoms with Crippen molar-refractivity contribution >= 4 is 39.5 Å². The molecule has 0 aliphatic heterocycles. The third-order valence-corrected chi connectivity index (χ3v) is 5.43. The van der Waals surface area contributed by atoms with Crippen molar-refractivity contribution in [1.29, 1.82) is 0 Å². The fourth-order valence-corrected chi connectivity index (χ4v) is 4.00. The number of ether oxygens (including phenoxy) is 3. The van der Waals surface area contributed by atoms with Crippen LogP contribution in [0.2, 0.25) is 0 Å². The van der Waals surface area contributed by atoms with E-state index in [9.17, 15) is 9.59 Å². The number of aryl methyl sites for hydroxylation is 1. The van der Waals surface area contributed by atoms with Crippen LogP contribution < -0.4 is 14.3 Å². The number of aromatic nitrogens is 1. The minimum absolute atomic E-state index is 0.0228. The second-order valence-corrected chi connectivity index (χ2v) is 7.42. The van der Waals surface area contributed by atoms with E-state index in [1.165, 1.54) is 24.5 Å². The molecule has 1 heterocycles. The molecule has 0 bridgehead atoms. The van der Waals surface area contributed by atoms with Gasteiger partial charge < -0.3 is 18.8 Å². The lowest BCUT2D eigenvalue weighted by atomic mass is 10.2. The third-order valence-electron chi connectivity index (χ3n) is 4.38. The van der Waals surface area contributed by atoms with Crippen LogP contribution in [0.4, 0.5) is 0 Å². The molecule has 0 aliphatic rings. The topological polar surface area (TPSA) is 79.1 Å². The summed E-state index contributed by atoms with van der Waals surface area (Å²) < 4.78 is 17.9. The van der Waals surface area contributed by atoms with E-state index in [1.54, 1.807) is 37.0 Å². The Bertz CT molecular complexity index is 1190. The van der Waals surface area contributed by atoms with Crippen LogP contribution >= 0.6 is 11.3 Å². The summed E-state index contributed by atoms with van der Waals surface area (Å²) in [6.07, 6.45) is 3.02. The van der Waals surface area contributed by atoms with Crippen molar-refractivity contribution < 1.29 is 23.8 Å². The van der Waals surface area contributed by atoms with E-state index in [1.807, 2.05) is 31.2 Å². The molecule has 0 unspecified atom stereocenters. The predicted octanol–water partition coefficient (Wildman–Crippen LogP) is 3.34. The number of hydrogen-bond donors (Lipinski definition) is 0. The van der Waals surface area contributed by atoms with Gasteiger partial charge in [-0.3, -0.25) is 9.59 Å². The van der Waals surface area contributed by atoms with Crippen LogP contribution in [-0.2, 0) is 20.9 Å². The fraction of sp³-hybridized carbons (Fsp3) is 0.227. The van der Waals surface area contributed by atoms with Crippen molar-refractivity contribution in [3.8, 4) is 11.5 Å². The van der Waals surface area contributed by atoms with Gasteiger partial charge in [-0.15, -0.1) is 0 Å². The number of carbonyl (C=O) groups excluding carboxylic acids is 2. The summed E-state index contributed by atoms with van der Waals surface area (Å²) in [5.41, 5.74) is 2.68. The van der Waals surface area contributed by atoms with Gasteiger partial charge in [-0.2, -0.15) is 4.99 Å². The molecule has 0 atom stereocenters. The van der Waals surface area contributed by atoms with Gasteiger partial charge in [0.1, 0.15) is 6.54 Å². The molecular formula is C22H22N2O5S. The molecule has 0 fully saturated rings. The first kappa shape index (κ1) is 21.3. The molecule has 0 radical (unpaired) electrons. The molecule has 3 rings (SSSR count). The first-order chi connectivity index (χ1) is 14.4. The van der Waals surface area contributed by atoms with E-state index in [4.69, 9.17) is 14.2 Å². The van der Waals surface area contributed by atoms with E-state index in [0.29, 0.717) is 16.3 Å². The number of rotatable bonds is 6. The maximum atomic E-state index is 12.5. The highest BCUT2D eigenvalue weighted by Crippen LogP contribution is 2.28. The molecule has 0 saturated heterocycles. The Morgan fingerprint density at radius 2 is 1.83 bits per heavy atom. The van der Waals surface area contributed by atoms with Gasteiger partial charge in [0.15, 0.2) is 16.3 Å². The Balaban J connectivity index is 1.95. The summed E-state index contributed by atoms with van der Waals surface area (Å²) in [5.74, 6) is 0.326. The standard InChI is InChI=1S/C22H22N2O5S/c1-14-5-8-16-19(11-14)30-22(24(16)13-21(26)29-4)23-20(25)10-7-15-6-9-17(27-2)18(12-15)28-3/h5-12H,13H2,1-4H3/b10-7-,23-22?. The second-order valence-electron chi connectivity index (χ2n) is 6.42. The number of amides is 1. The molecule has 0 N–H and O–H groups in total. The van der Waals surface area contributed by atoms with Gasteiger partial charge in [0.25, 0.3) is 5.91 Å². The van der Waals surface area contributed by atoms with Crippen LogP contribution in [0.1, 0.15) is 11.1 Å². The molecule has 30 heavy (non-hydrogen) atoms. The zero-order valence-electron chi connectivity index (χ0n) is 17.2. The predicted molar refractivity (Wildman–Crippen MR) is 116 cm³/mol. The third kappa shape index (κ3) is 4.77.